The molecule has 4 N–H and O–H groups in total. The predicted molar refractivity (Wildman–Crippen MR) is 101 cm³/mol. The van der Waals surface area contributed by atoms with E-state index in [1.807, 2.05) is 12.3 Å². The summed E-state index contributed by atoms with van der Waals surface area (Å²) in [6.45, 7) is 1.04. The molecular formula is C18H20FN7O. The Hall–Kier alpha value is -3.54. The molecule has 8 nitrogen and oxygen atoms in total. The molecule has 1 aliphatic heterocycles. The van der Waals surface area contributed by atoms with E-state index < -0.39 is 6.17 Å². The molecule has 0 aliphatic carbocycles. The van der Waals surface area contributed by atoms with Gasteiger partial charge >= 0.3 is 0 Å². The SMILES string of the molecule is N#CN1CCCC(F)C1.N=Cc1c(N)cccc1-c1cnc(NC=O)cn1. The fraction of sp³-hybridized carbons (Fsp3) is 0.278. The van der Waals surface area contributed by atoms with Crippen LogP contribution in [0.15, 0.2) is 30.6 Å². The largest absolute Gasteiger partial charge is 0.398 e. The van der Waals surface area contributed by atoms with Crippen molar-refractivity contribution in [3.8, 4) is 17.5 Å². The maximum Gasteiger partial charge on any atom is 0.212 e. The Labute approximate surface area is 156 Å². The number of hydrogen-bond acceptors (Lipinski definition) is 7. The van der Waals surface area contributed by atoms with Gasteiger partial charge in [-0.05, 0) is 18.9 Å². The van der Waals surface area contributed by atoms with E-state index >= 15 is 0 Å². The molecule has 0 radical (unpaired) electrons. The van der Waals surface area contributed by atoms with Gasteiger partial charge in [-0.25, -0.2) is 9.37 Å². The zero-order valence-electron chi connectivity index (χ0n) is 14.6. The molecule has 0 saturated carbocycles. The van der Waals surface area contributed by atoms with Gasteiger partial charge in [-0.15, -0.1) is 0 Å². The Bertz CT molecular complexity index is 819. The van der Waals surface area contributed by atoms with Gasteiger partial charge in [0.15, 0.2) is 12.0 Å². The number of nitriles is 1. The summed E-state index contributed by atoms with van der Waals surface area (Å²) in [5.74, 6) is 0.369. The molecule has 1 aliphatic rings. The predicted octanol–water partition coefficient (Wildman–Crippen LogP) is 2.19. The van der Waals surface area contributed by atoms with E-state index in [9.17, 15) is 9.18 Å². The van der Waals surface area contributed by atoms with E-state index in [2.05, 4.69) is 15.3 Å². The number of alkyl halides is 1. The van der Waals surface area contributed by atoms with Crippen LogP contribution in [-0.4, -0.2) is 46.8 Å². The van der Waals surface area contributed by atoms with Crippen molar-refractivity contribution < 1.29 is 9.18 Å². The normalized spacial score (nSPS) is 15.7. The van der Waals surface area contributed by atoms with Crippen LogP contribution < -0.4 is 11.1 Å². The molecule has 0 bridgehead atoms. The van der Waals surface area contributed by atoms with Crippen LogP contribution in [0.5, 0.6) is 0 Å². The minimum absolute atomic E-state index is 0.302. The van der Waals surface area contributed by atoms with Crippen LogP contribution in [-0.2, 0) is 4.79 Å². The fourth-order valence-corrected chi connectivity index (χ4v) is 2.59. The highest BCUT2D eigenvalue weighted by Gasteiger charge is 2.16. The summed E-state index contributed by atoms with van der Waals surface area (Å²) in [6.07, 6.45) is 7.27. The van der Waals surface area contributed by atoms with Crippen LogP contribution in [0.1, 0.15) is 18.4 Å². The number of likely N-dealkylation sites (tertiary alicyclic amines) is 1. The lowest BCUT2D eigenvalue weighted by atomic mass is 10.0. The lowest BCUT2D eigenvalue weighted by Gasteiger charge is -2.23. The molecule has 2 aromatic rings. The van der Waals surface area contributed by atoms with Crippen LogP contribution >= 0.6 is 0 Å². The van der Waals surface area contributed by atoms with Crippen LogP contribution in [0, 0.1) is 16.9 Å². The molecule has 2 heterocycles. The van der Waals surface area contributed by atoms with Crippen molar-refractivity contribution in [2.45, 2.75) is 19.0 Å². The third kappa shape index (κ3) is 5.47. The number of piperidine rings is 1. The van der Waals surface area contributed by atoms with Gasteiger partial charge in [0, 0.05) is 29.6 Å². The molecule has 140 valence electrons. The van der Waals surface area contributed by atoms with Gasteiger partial charge in [-0.2, -0.15) is 5.26 Å². The third-order valence-electron chi connectivity index (χ3n) is 3.92. The molecule has 1 aromatic heterocycles. The summed E-state index contributed by atoms with van der Waals surface area (Å²) in [5, 5.41) is 18.1. The summed E-state index contributed by atoms with van der Waals surface area (Å²) >= 11 is 0. The molecule has 9 heteroatoms. The summed E-state index contributed by atoms with van der Waals surface area (Å²) in [4.78, 5) is 19.9. The van der Waals surface area contributed by atoms with Crippen molar-refractivity contribution in [1.82, 2.24) is 14.9 Å². The van der Waals surface area contributed by atoms with Crippen molar-refractivity contribution in [1.29, 1.82) is 10.7 Å². The van der Waals surface area contributed by atoms with Crippen molar-refractivity contribution >= 4 is 24.1 Å². The second-order valence-electron chi connectivity index (χ2n) is 5.79. The van der Waals surface area contributed by atoms with Crippen molar-refractivity contribution in [3.63, 3.8) is 0 Å². The first-order valence-corrected chi connectivity index (χ1v) is 8.29. The molecule has 0 spiro atoms. The number of nitrogen functional groups attached to an aromatic ring is 1. The second kappa shape index (κ2) is 9.82. The van der Waals surface area contributed by atoms with Gasteiger partial charge < -0.3 is 21.4 Å². The number of benzene rings is 1. The first kappa shape index (κ1) is 19.8. The lowest BCUT2D eigenvalue weighted by molar-refractivity contribution is -0.105. The first-order chi connectivity index (χ1) is 13.1. The molecule has 1 saturated heterocycles. The van der Waals surface area contributed by atoms with E-state index in [1.165, 1.54) is 23.5 Å². The number of carbonyl (C=O) groups excluding carboxylic acids is 1. The Balaban J connectivity index is 0.000000244. The number of anilines is 2. The van der Waals surface area contributed by atoms with Crippen LogP contribution in [0.3, 0.4) is 0 Å². The number of amides is 1. The van der Waals surface area contributed by atoms with Crippen LogP contribution in [0.25, 0.3) is 11.3 Å². The Morgan fingerprint density at radius 2 is 2.22 bits per heavy atom. The van der Waals surface area contributed by atoms with Gasteiger partial charge in [-0.3, -0.25) is 9.78 Å². The molecular weight excluding hydrogens is 349 g/mol. The number of hydrogen-bond donors (Lipinski definition) is 3. The number of nitrogens with zero attached hydrogens (tertiary/aromatic N) is 4. The highest BCUT2D eigenvalue weighted by molar-refractivity contribution is 5.94. The van der Waals surface area contributed by atoms with Crippen molar-refractivity contribution in [3.05, 3.63) is 36.2 Å². The van der Waals surface area contributed by atoms with E-state index in [-0.39, 0.29) is 0 Å². The molecule has 1 unspecified atom stereocenters. The van der Waals surface area contributed by atoms with E-state index in [0.717, 1.165) is 18.5 Å². The fourth-order valence-electron chi connectivity index (χ4n) is 2.59. The summed E-state index contributed by atoms with van der Waals surface area (Å²) in [6, 6.07) is 5.32. The zero-order chi connectivity index (χ0) is 19.6. The van der Waals surface area contributed by atoms with Crippen LogP contribution in [0.2, 0.25) is 0 Å². The average molecular weight is 369 g/mol. The lowest BCUT2D eigenvalue weighted by Crippen LogP contribution is -2.32. The molecule has 1 atom stereocenters. The van der Waals surface area contributed by atoms with Crippen LogP contribution in [0.4, 0.5) is 15.9 Å². The van der Waals surface area contributed by atoms with Gasteiger partial charge in [0.05, 0.1) is 24.6 Å². The number of aromatic nitrogens is 2. The highest BCUT2D eigenvalue weighted by Crippen LogP contribution is 2.24. The smallest absolute Gasteiger partial charge is 0.212 e. The third-order valence-corrected chi connectivity index (χ3v) is 3.92. The van der Waals surface area contributed by atoms with E-state index in [1.54, 1.807) is 12.1 Å². The van der Waals surface area contributed by atoms with Crippen molar-refractivity contribution in [2.24, 2.45) is 0 Å². The van der Waals surface area contributed by atoms with E-state index in [4.69, 9.17) is 16.4 Å². The Morgan fingerprint density at radius 3 is 2.78 bits per heavy atom. The zero-order valence-corrected chi connectivity index (χ0v) is 14.6. The number of halogens is 1. The quantitative estimate of drug-likeness (QED) is 0.328. The molecule has 1 aromatic carbocycles. The standard InChI is InChI=1S/C12H11N5O.C6H9FN2/c13-4-9-8(2-1-3-10(9)14)11-5-16-12(6-15-11)17-7-18;7-6-2-1-3-9(4-6)5-8/h1-7,13H,14H2,(H,16,17,18);6H,1-4H2. The number of nitrogens with two attached hydrogens (primary N) is 1. The Morgan fingerprint density at radius 1 is 1.41 bits per heavy atom. The van der Waals surface area contributed by atoms with Gasteiger partial charge in [0.2, 0.25) is 6.41 Å². The van der Waals surface area contributed by atoms with Crippen molar-refractivity contribution in [2.75, 3.05) is 24.1 Å². The number of carbonyl (C=O) groups is 1. The van der Waals surface area contributed by atoms with Gasteiger partial charge in [0.1, 0.15) is 6.17 Å². The summed E-state index contributed by atoms with van der Waals surface area (Å²) in [7, 11) is 0. The number of rotatable bonds is 4. The second-order valence-corrected chi connectivity index (χ2v) is 5.79. The molecule has 1 amide bonds. The highest BCUT2D eigenvalue weighted by atomic mass is 19.1. The van der Waals surface area contributed by atoms with E-state index in [0.29, 0.717) is 42.1 Å². The Kier molecular flexibility index (Phi) is 7.19. The molecule has 27 heavy (non-hydrogen) atoms. The maximum absolute atomic E-state index is 12.4. The minimum Gasteiger partial charge on any atom is -0.398 e. The summed E-state index contributed by atoms with van der Waals surface area (Å²) < 4.78 is 12.4. The maximum atomic E-state index is 12.4. The summed E-state index contributed by atoms with van der Waals surface area (Å²) in [5.41, 5.74) is 8.23. The van der Waals surface area contributed by atoms with Gasteiger partial charge in [0.25, 0.3) is 0 Å². The average Bonchev–Trinajstić information content (AvgIpc) is 2.69. The topological polar surface area (TPSA) is 132 Å². The molecule has 1 fully saturated rings. The first-order valence-electron chi connectivity index (χ1n) is 8.29. The monoisotopic (exact) mass is 369 g/mol. The number of nitrogens with one attached hydrogen (secondary N) is 2. The van der Waals surface area contributed by atoms with Gasteiger partial charge in [-0.1, -0.05) is 12.1 Å². The minimum atomic E-state index is -0.779. The molecule has 3 rings (SSSR count).